The number of nitrogens with one attached hydrogen (secondary N) is 1. The monoisotopic (exact) mass is 243 g/mol. The number of aryl methyl sites for hydroxylation is 1. The molecule has 96 valence electrons. The van der Waals surface area contributed by atoms with E-state index in [0.29, 0.717) is 6.04 Å². The Hall–Kier alpha value is -1.61. The molecule has 0 spiro atoms. The Balaban J connectivity index is 1.93. The molecule has 0 saturated heterocycles. The zero-order chi connectivity index (χ0) is 12.8. The van der Waals surface area contributed by atoms with E-state index in [4.69, 9.17) is 0 Å². The standard InChI is InChI=1S/C15H21N3/c1-3-10-18-11-4-5-15(18)12-17-13(2)14-6-8-16-9-7-14/h4-9,11,13,17H,3,10,12H2,1-2H3/t13-/m0/s1. The molecule has 0 saturated carbocycles. The Labute approximate surface area is 109 Å². The van der Waals surface area contributed by atoms with Crippen molar-refractivity contribution in [3.8, 4) is 0 Å². The molecule has 1 atom stereocenters. The normalized spacial score (nSPS) is 12.6. The quantitative estimate of drug-likeness (QED) is 0.844. The largest absolute Gasteiger partial charge is 0.350 e. The van der Waals surface area contributed by atoms with Gasteiger partial charge < -0.3 is 9.88 Å². The molecule has 2 aromatic rings. The van der Waals surface area contributed by atoms with Crippen LogP contribution in [0.1, 0.15) is 37.6 Å². The molecule has 2 rings (SSSR count). The van der Waals surface area contributed by atoms with Gasteiger partial charge in [-0.2, -0.15) is 0 Å². The van der Waals surface area contributed by atoms with Gasteiger partial charge in [0.1, 0.15) is 0 Å². The Bertz CT molecular complexity index is 462. The van der Waals surface area contributed by atoms with Gasteiger partial charge in [0.05, 0.1) is 0 Å². The summed E-state index contributed by atoms with van der Waals surface area (Å²) in [5.74, 6) is 0. The van der Waals surface area contributed by atoms with Crippen molar-refractivity contribution in [2.45, 2.75) is 39.4 Å². The summed E-state index contributed by atoms with van der Waals surface area (Å²) >= 11 is 0. The lowest BCUT2D eigenvalue weighted by Crippen LogP contribution is -2.20. The lowest BCUT2D eigenvalue weighted by Gasteiger charge is -2.15. The van der Waals surface area contributed by atoms with E-state index in [2.05, 4.69) is 59.2 Å². The number of hydrogen-bond donors (Lipinski definition) is 1. The number of rotatable bonds is 6. The summed E-state index contributed by atoms with van der Waals surface area (Å²) in [4.78, 5) is 4.04. The second-order valence-electron chi connectivity index (χ2n) is 4.58. The van der Waals surface area contributed by atoms with Crippen LogP contribution in [-0.4, -0.2) is 9.55 Å². The molecule has 2 aromatic heterocycles. The second-order valence-corrected chi connectivity index (χ2v) is 4.58. The van der Waals surface area contributed by atoms with E-state index < -0.39 is 0 Å². The van der Waals surface area contributed by atoms with Crippen molar-refractivity contribution >= 4 is 0 Å². The minimum Gasteiger partial charge on any atom is -0.350 e. The van der Waals surface area contributed by atoms with E-state index in [1.165, 1.54) is 17.7 Å². The maximum Gasteiger partial charge on any atom is 0.0364 e. The van der Waals surface area contributed by atoms with Crippen molar-refractivity contribution in [3.05, 3.63) is 54.1 Å². The molecule has 18 heavy (non-hydrogen) atoms. The third-order valence-electron chi connectivity index (χ3n) is 3.18. The van der Waals surface area contributed by atoms with Crippen molar-refractivity contribution in [2.75, 3.05) is 0 Å². The third kappa shape index (κ3) is 3.20. The van der Waals surface area contributed by atoms with Gasteiger partial charge in [-0.15, -0.1) is 0 Å². The SMILES string of the molecule is CCCn1cccc1CN[C@@H](C)c1ccncc1. The minimum atomic E-state index is 0.345. The average Bonchev–Trinajstić information content (AvgIpc) is 2.85. The van der Waals surface area contributed by atoms with Gasteiger partial charge in [0, 0.05) is 43.4 Å². The maximum absolute atomic E-state index is 4.04. The summed E-state index contributed by atoms with van der Waals surface area (Å²) < 4.78 is 2.31. The van der Waals surface area contributed by atoms with E-state index in [1.54, 1.807) is 0 Å². The number of hydrogen-bond acceptors (Lipinski definition) is 2. The first-order valence-electron chi connectivity index (χ1n) is 6.58. The maximum atomic E-state index is 4.04. The average molecular weight is 243 g/mol. The predicted octanol–water partition coefficient (Wildman–Crippen LogP) is 3.14. The molecule has 0 aliphatic rings. The van der Waals surface area contributed by atoms with Gasteiger partial charge in [-0.05, 0) is 43.2 Å². The number of aromatic nitrogens is 2. The Morgan fingerprint density at radius 2 is 2.06 bits per heavy atom. The first-order valence-corrected chi connectivity index (χ1v) is 6.58. The van der Waals surface area contributed by atoms with Gasteiger partial charge in [-0.1, -0.05) is 6.92 Å². The number of nitrogens with zero attached hydrogens (tertiary/aromatic N) is 2. The summed E-state index contributed by atoms with van der Waals surface area (Å²) in [5.41, 5.74) is 2.62. The van der Waals surface area contributed by atoms with E-state index in [1.807, 2.05) is 12.4 Å². The first-order chi connectivity index (χ1) is 8.81. The fourth-order valence-corrected chi connectivity index (χ4v) is 2.10. The molecule has 0 aliphatic heterocycles. The molecule has 0 aromatic carbocycles. The summed E-state index contributed by atoms with van der Waals surface area (Å²) in [6.45, 7) is 6.38. The van der Waals surface area contributed by atoms with Crippen LogP contribution in [0.25, 0.3) is 0 Å². The lowest BCUT2D eigenvalue weighted by atomic mass is 10.1. The molecular formula is C15H21N3. The summed E-state index contributed by atoms with van der Waals surface area (Å²) in [6.07, 6.45) is 7.00. The van der Waals surface area contributed by atoms with Gasteiger partial charge in [0.15, 0.2) is 0 Å². The van der Waals surface area contributed by atoms with Gasteiger partial charge in [0.2, 0.25) is 0 Å². The van der Waals surface area contributed by atoms with E-state index in [9.17, 15) is 0 Å². The third-order valence-corrected chi connectivity index (χ3v) is 3.18. The van der Waals surface area contributed by atoms with Crippen molar-refractivity contribution in [3.63, 3.8) is 0 Å². The topological polar surface area (TPSA) is 29.9 Å². The van der Waals surface area contributed by atoms with Crippen LogP contribution in [-0.2, 0) is 13.1 Å². The van der Waals surface area contributed by atoms with Gasteiger partial charge in [-0.25, -0.2) is 0 Å². The van der Waals surface area contributed by atoms with Crippen LogP contribution < -0.4 is 5.32 Å². The highest BCUT2D eigenvalue weighted by atomic mass is 15.0. The van der Waals surface area contributed by atoms with E-state index in [-0.39, 0.29) is 0 Å². The van der Waals surface area contributed by atoms with Crippen LogP contribution in [0.3, 0.4) is 0 Å². The molecule has 2 heterocycles. The Morgan fingerprint density at radius 1 is 1.28 bits per heavy atom. The Morgan fingerprint density at radius 3 is 2.78 bits per heavy atom. The van der Waals surface area contributed by atoms with Crippen molar-refractivity contribution < 1.29 is 0 Å². The Kier molecular flexibility index (Phi) is 4.53. The smallest absolute Gasteiger partial charge is 0.0364 e. The van der Waals surface area contributed by atoms with Crippen LogP contribution in [0.4, 0.5) is 0 Å². The molecule has 0 aliphatic carbocycles. The molecular weight excluding hydrogens is 222 g/mol. The second kappa shape index (κ2) is 6.36. The molecule has 1 N–H and O–H groups in total. The van der Waals surface area contributed by atoms with Crippen molar-refractivity contribution in [1.82, 2.24) is 14.9 Å². The predicted molar refractivity (Wildman–Crippen MR) is 74.2 cm³/mol. The minimum absolute atomic E-state index is 0.345. The van der Waals surface area contributed by atoms with Crippen LogP contribution >= 0.6 is 0 Å². The highest BCUT2D eigenvalue weighted by molar-refractivity contribution is 5.14. The molecule has 3 heteroatoms. The molecule has 0 fully saturated rings. The van der Waals surface area contributed by atoms with Gasteiger partial charge >= 0.3 is 0 Å². The molecule has 0 bridgehead atoms. The van der Waals surface area contributed by atoms with Crippen LogP contribution in [0.5, 0.6) is 0 Å². The molecule has 0 unspecified atom stereocenters. The zero-order valence-electron chi connectivity index (χ0n) is 11.1. The molecule has 0 amide bonds. The fraction of sp³-hybridized carbons (Fsp3) is 0.400. The van der Waals surface area contributed by atoms with Crippen molar-refractivity contribution in [2.24, 2.45) is 0 Å². The van der Waals surface area contributed by atoms with Gasteiger partial charge in [-0.3, -0.25) is 4.98 Å². The molecule has 0 radical (unpaired) electrons. The van der Waals surface area contributed by atoms with Crippen LogP contribution in [0, 0.1) is 0 Å². The van der Waals surface area contributed by atoms with E-state index in [0.717, 1.165) is 13.1 Å². The number of pyridine rings is 1. The van der Waals surface area contributed by atoms with E-state index >= 15 is 0 Å². The fourth-order valence-electron chi connectivity index (χ4n) is 2.10. The summed E-state index contributed by atoms with van der Waals surface area (Å²) in [6, 6.07) is 8.76. The van der Waals surface area contributed by atoms with Gasteiger partial charge in [0.25, 0.3) is 0 Å². The lowest BCUT2D eigenvalue weighted by molar-refractivity contribution is 0.541. The molecule has 3 nitrogen and oxygen atoms in total. The van der Waals surface area contributed by atoms with Crippen molar-refractivity contribution in [1.29, 1.82) is 0 Å². The zero-order valence-corrected chi connectivity index (χ0v) is 11.1. The first kappa shape index (κ1) is 12.8. The highest BCUT2D eigenvalue weighted by Gasteiger charge is 2.05. The van der Waals surface area contributed by atoms with Crippen LogP contribution in [0.2, 0.25) is 0 Å². The van der Waals surface area contributed by atoms with Crippen LogP contribution in [0.15, 0.2) is 42.9 Å². The highest BCUT2D eigenvalue weighted by Crippen LogP contribution is 2.12. The summed E-state index contributed by atoms with van der Waals surface area (Å²) in [5, 5.41) is 3.55. The summed E-state index contributed by atoms with van der Waals surface area (Å²) in [7, 11) is 0.